The SMILES string of the molecule is CCCCCCCCCC(CCCCCCCO[Si](c1ccccc1)(c1ccccc1)C(C)(C)C)CCOCc1ccc(OC)cc1. The molecule has 0 saturated heterocycles. The summed E-state index contributed by atoms with van der Waals surface area (Å²) in [5, 5.41) is 2.79. The van der Waals surface area contributed by atoms with Crippen LogP contribution in [-0.4, -0.2) is 28.6 Å². The molecule has 3 rings (SSSR count). The van der Waals surface area contributed by atoms with E-state index in [4.69, 9.17) is 13.9 Å². The van der Waals surface area contributed by atoms with Crippen LogP contribution in [0.2, 0.25) is 5.04 Å². The molecule has 0 aromatic heterocycles. The van der Waals surface area contributed by atoms with Gasteiger partial charge in [-0.2, -0.15) is 0 Å². The van der Waals surface area contributed by atoms with Gasteiger partial charge in [-0.05, 0) is 51.9 Å². The van der Waals surface area contributed by atoms with Gasteiger partial charge in [-0.15, -0.1) is 0 Å². The molecule has 0 bridgehead atoms. The fraction of sp³-hybridized carbons (Fsp3) is 0.581. The molecule has 260 valence electrons. The van der Waals surface area contributed by atoms with Crippen LogP contribution < -0.4 is 15.1 Å². The normalized spacial score (nSPS) is 12.7. The van der Waals surface area contributed by atoms with Crippen molar-refractivity contribution in [2.45, 2.75) is 136 Å². The Morgan fingerprint density at radius 1 is 0.574 bits per heavy atom. The van der Waals surface area contributed by atoms with Crippen LogP contribution in [0, 0.1) is 5.92 Å². The lowest BCUT2D eigenvalue weighted by Crippen LogP contribution is -2.66. The summed E-state index contributed by atoms with van der Waals surface area (Å²) in [6.45, 7) is 11.8. The van der Waals surface area contributed by atoms with E-state index in [1.807, 2.05) is 12.1 Å². The maximum Gasteiger partial charge on any atom is 0.261 e. The monoisotopic (exact) mass is 658 g/mol. The van der Waals surface area contributed by atoms with E-state index in [9.17, 15) is 0 Å². The number of benzene rings is 3. The van der Waals surface area contributed by atoms with Gasteiger partial charge in [-0.1, -0.05) is 184 Å². The van der Waals surface area contributed by atoms with Gasteiger partial charge in [0, 0.05) is 13.2 Å². The van der Waals surface area contributed by atoms with Crippen LogP contribution in [0.1, 0.15) is 130 Å². The van der Waals surface area contributed by atoms with Crippen molar-refractivity contribution >= 4 is 18.7 Å². The lowest BCUT2D eigenvalue weighted by atomic mass is 9.92. The topological polar surface area (TPSA) is 27.7 Å². The minimum absolute atomic E-state index is 0.0403. The molecular formula is C43H66O3Si. The molecule has 0 radical (unpaired) electrons. The Kier molecular flexibility index (Phi) is 18.5. The van der Waals surface area contributed by atoms with Crippen LogP contribution in [0.3, 0.4) is 0 Å². The highest BCUT2D eigenvalue weighted by Gasteiger charge is 2.49. The molecule has 0 amide bonds. The molecule has 3 nitrogen and oxygen atoms in total. The molecule has 0 N–H and O–H groups in total. The van der Waals surface area contributed by atoms with E-state index in [1.165, 1.54) is 106 Å². The van der Waals surface area contributed by atoms with E-state index in [0.717, 1.165) is 31.3 Å². The number of hydrogen-bond acceptors (Lipinski definition) is 3. The average Bonchev–Trinajstić information content (AvgIpc) is 3.09. The molecular weight excluding hydrogens is 593 g/mol. The first-order valence-electron chi connectivity index (χ1n) is 18.9. The standard InChI is InChI=1S/C43H66O3Si/c1-6-7-8-9-10-12-17-24-38(34-36-45-37-39-30-32-40(44-5)33-31-39)25-18-13-11-14-23-35-46-47(43(2,3)4,41-26-19-15-20-27-41)42-28-21-16-22-29-42/h15-16,19-22,26-33,38H,6-14,17-18,23-25,34-37H2,1-5H3. The highest BCUT2D eigenvalue weighted by atomic mass is 28.4. The molecule has 0 aliphatic heterocycles. The van der Waals surface area contributed by atoms with Gasteiger partial charge < -0.3 is 13.9 Å². The van der Waals surface area contributed by atoms with Crippen molar-refractivity contribution < 1.29 is 13.9 Å². The second-order valence-corrected chi connectivity index (χ2v) is 18.8. The van der Waals surface area contributed by atoms with Gasteiger partial charge in [0.05, 0.1) is 13.7 Å². The Morgan fingerprint density at radius 2 is 1.09 bits per heavy atom. The van der Waals surface area contributed by atoms with Gasteiger partial charge >= 0.3 is 0 Å². The van der Waals surface area contributed by atoms with Crippen LogP contribution >= 0.6 is 0 Å². The van der Waals surface area contributed by atoms with Gasteiger partial charge in [0.25, 0.3) is 8.32 Å². The number of unbranched alkanes of at least 4 members (excludes halogenated alkanes) is 10. The summed E-state index contributed by atoms with van der Waals surface area (Å²) in [6.07, 6.45) is 19.9. The maximum atomic E-state index is 7.11. The number of hydrogen-bond donors (Lipinski definition) is 0. The summed E-state index contributed by atoms with van der Waals surface area (Å²) in [6, 6.07) is 30.3. The second kappa shape index (κ2) is 22.3. The second-order valence-electron chi connectivity index (χ2n) is 14.5. The van der Waals surface area contributed by atoms with Crippen molar-refractivity contribution in [1.82, 2.24) is 0 Å². The molecule has 3 aromatic carbocycles. The molecule has 0 aliphatic rings. The highest BCUT2D eigenvalue weighted by Crippen LogP contribution is 2.37. The van der Waals surface area contributed by atoms with Crippen molar-refractivity contribution in [2.75, 3.05) is 20.3 Å². The fourth-order valence-electron chi connectivity index (χ4n) is 7.04. The lowest BCUT2D eigenvalue weighted by Gasteiger charge is -2.43. The number of rotatable bonds is 25. The predicted octanol–water partition coefficient (Wildman–Crippen LogP) is 11.3. The van der Waals surface area contributed by atoms with Crippen molar-refractivity contribution in [1.29, 1.82) is 0 Å². The Hall–Kier alpha value is -2.40. The largest absolute Gasteiger partial charge is 0.497 e. The zero-order valence-electron chi connectivity index (χ0n) is 30.6. The van der Waals surface area contributed by atoms with Crippen LogP contribution in [0.4, 0.5) is 0 Å². The average molecular weight is 659 g/mol. The molecule has 4 heteroatoms. The molecule has 0 spiro atoms. The summed E-state index contributed by atoms with van der Waals surface area (Å²) in [7, 11) is -0.714. The van der Waals surface area contributed by atoms with Crippen molar-refractivity contribution in [3.8, 4) is 5.75 Å². The van der Waals surface area contributed by atoms with Crippen molar-refractivity contribution in [2.24, 2.45) is 5.92 Å². The molecule has 0 aliphatic carbocycles. The number of methoxy groups -OCH3 is 1. The molecule has 1 atom stereocenters. The first-order valence-corrected chi connectivity index (χ1v) is 20.8. The maximum absolute atomic E-state index is 7.11. The molecule has 0 fully saturated rings. The van der Waals surface area contributed by atoms with E-state index in [-0.39, 0.29) is 5.04 Å². The first-order chi connectivity index (χ1) is 22.9. The van der Waals surface area contributed by atoms with Crippen LogP contribution in [0.25, 0.3) is 0 Å². The van der Waals surface area contributed by atoms with Crippen LogP contribution in [0.5, 0.6) is 5.75 Å². The minimum atomic E-state index is -2.43. The van der Waals surface area contributed by atoms with Crippen LogP contribution in [0.15, 0.2) is 84.9 Å². The summed E-state index contributed by atoms with van der Waals surface area (Å²) in [4.78, 5) is 0. The third-order valence-corrected chi connectivity index (χ3v) is 14.8. The van der Waals surface area contributed by atoms with Gasteiger partial charge in [0.1, 0.15) is 5.75 Å². The van der Waals surface area contributed by atoms with E-state index in [1.54, 1.807) is 7.11 Å². The Bertz CT molecular complexity index is 1130. The van der Waals surface area contributed by atoms with E-state index >= 15 is 0 Å². The number of ether oxygens (including phenoxy) is 2. The summed E-state index contributed by atoms with van der Waals surface area (Å²) in [5.41, 5.74) is 1.22. The Balaban J connectivity index is 1.42. The molecule has 3 aromatic rings. The van der Waals surface area contributed by atoms with Gasteiger partial charge in [-0.25, -0.2) is 0 Å². The van der Waals surface area contributed by atoms with Gasteiger partial charge in [0.15, 0.2) is 0 Å². The van der Waals surface area contributed by atoms with Gasteiger partial charge in [-0.3, -0.25) is 0 Å². The molecule has 0 saturated carbocycles. The Morgan fingerprint density at radius 3 is 1.60 bits per heavy atom. The molecule has 0 heterocycles. The zero-order valence-corrected chi connectivity index (χ0v) is 31.6. The quantitative estimate of drug-likeness (QED) is 0.0670. The van der Waals surface area contributed by atoms with Crippen molar-refractivity contribution in [3.05, 3.63) is 90.5 Å². The molecule has 1 unspecified atom stereocenters. The van der Waals surface area contributed by atoms with Crippen molar-refractivity contribution in [3.63, 3.8) is 0 Å². The smallest absolute Gasteiger partial charge is 0.261 e. The zero-order chi connectivity index (χ0) is 33.6. The van der Waals surface area contributed by atoms with E-state index in [2.05, 4.69) is 100 Å². The highest BCUT2D eigenvalue weighted by molar-refractivity contribution is 6.99. The van der Waals surface area contributed by atoms with Crippen LogP contribution in [-0.2, 0) is 15.8 Å². The minimum Gasteiger partial charge on any atom is -0.497 e. The fourth-order valence-corrected chi connectivity index (χ4v) is 11.6. The summed E-state index contributed by atoms with van der Waals surface area (Å²) in [5.74, 6) is 1.68. The first kappa shape index (κ1) is 39.0. The third kappa shape index (κ3) is 13.6. The third-order valence-electron chi connectivity index (χ3n) is 9.81. The summed E-state index contributed by atoms with van der Waals surface area (Å²) < 4.78 is 18.5. The van der Waals surface area contributed by atoms with E-state index in [0.29, 0.717) is 6.61 Å². The van der Waals surface area contributed by atoms with Gasteiger partial charge in [0.2, 0.25) is 0 Å². The van der Waals surface area contributed by atoms with E-state index < -0.39 is 8.32 Å². The Labute approximate surface area is 290 Å². The molecule has 47 heavy (non-hydrogen) atoms. The predicted molar refractivity (Wildman–Crippen MR) is 205 cm³/mol. The summed E-state index contributed by atoms with van der Waals surface area (Å²) >= 11 is 0. The lowest BCUT2D eigenvalue weighted by molar-refractivity contribution is 0.104.